The average molecular weight is 311 g/mol. The lowest BCUT2D eigenvalue weighted by atomic mass is 10.1. The molecule has 0 amide bonds. The number of benzene rings is 1. The molecular weight excluding hydrogens is 280 g/mol. The molecule has 0 spiro atoms. The molecule has 0 saturated heterocycles. The maximum atomic E-state index is 9.41. The van der Waals surface area contributed by atoms with E-state index in [1.54, 1.807) is 23.9 Å². The Morgan fingerprint density at radius 3 is 1.90 bits per heavy atom. The van der Waals surface area contributed by atoms with Crippen molar-refractivity contribution < 1.29 is 10.2 Å². The molecule has 0 aliphatic carbocycles. The van der Waals surface area contributed by atoms with Crippen LogP contribution in [0.2, 0.25) is 0 Å². The van der Waals surface area contributed by atoms with Gasteiger partial charge in [-0.3, -0.25) is 0 Å². The first-order valence-corrected chi connectivity index (χ1v) is 9.37. The summed E-state index contributed by atoms with van der Waals surface area (Å²) in [5, 5.41) is 18.7. The second-order valence-electron chi connectivity index (χ2n) is 5.68. The van der Waals surface area contributed by atoms with Crippen LogP contribution in [-0.4, -0.2) is 16.0 Å². The number of hydrogen-bond donors (Lipinski definition) is 2. The highest BCUT2D eigenvalue weighted by Gasteiger charge is 2.01. The molecule has 1 rings (SSSR count). The number of phenols is 2. The van der Waals surface area contributed by atoms with Gasteiger partial charge >= 0.3 is 0 Å². The number of unbranched alkanes of at least 4 members (excludes halogenated alkanes) is 9. The highest BCUT2D eigenvalue weighted by molar-refractivity contribution is 7.99. The predicted molar refractivity (Wildman–Crippen MR) is 92.3 cm³/mol. The maximum Gasteiger partial charge on any atom is 0.158 e. The summed E-state index contributed by atoms with van der Waals surface area (Å²) in [4.78, 5) is 1.03. The van der Waals surface area contributed by atoms with Crippen molar-refractivity contribution in [2.75, 3.05) is 5.75 Å². The van der Waals surface area contributed by atoms with Crippen LogP contribution in [0, 0.1) is 0 Å². The highest BCUT2D eigenvalue weighted by atomic mass is 32.2. The number of thioether (sulfide) groups is 1. The summed E-state index contributed by atoms with van der Waals surface area (Å²) in [7, 11) is 0. The maximum absolute atomic E-state index is 9.41. The zero-order chi connectivity index (χ0) is 15.3. The van der Waals surface area contributed by atoms with Gasteiger partial charge < -0.3 is 10.2 Å². The molecule has 0 heterocycles. The van der Waals surface area contributed by atoms with E-state index in [0.717, 1.165) is 10.6 Å². The Labute approximate surface area is 134 Å². The monoisotopic (exact) mass is 310 g/mol. The lowest BCUT2D eigenvalue weighted by Gasteiger charge is -2.04. The second kappa shape index (κ2) is 11.8. The SMILES string of the molecule is CCCCCCCCCCCCSc1ccc(O)c(O)c1. The van der Waals surface area contributed by atoms with E-state index in [0.29, 0.717) is 0 Å². The van der Waals surface area contributed by atoms with Crippen molar-refractivity contribution in [1.29, 1.82) is 0 Å². The van der Waals surface area contributed by atoms with E-state index in [1.165, 1.54) is 64.2 Å². The molecule has 3 heteroatoms. The van der Waals surface area contributed by atoms with Crippen LogP contribution >= 0.6 is 11.8 Å². The Morgan fingerprint density at radius 1 is 0.762 bits per heavy atom. The Bertz CT molecular complexity index is 379. The molecule has 0 atom stereocenters. The number of hydrogen-bond acceptors (Lipinski definition) is 3. The van der Waals surface area contributed by atoms with Crippen LogP contribution in [0.5, 0.6) is 11.5 Å². The smallest absolute Gasteiger partial charge is 0.158 e. The molecule has 0 unspecified atom stereocenters. The minimum atomic E-state index is -0.0433. The van der Waals surface area contributed by atoms with Crippen LogP contribution in [0.3, 0.4) is 0 Å². The molecule has 0 saturated carbocycles. The van der Waals surface area contributed by atoms with Gasteiger partial charge in [0.2, 0.25) is 0 Å². The van der Waals surface area contributed by atoms with Crippen LogP contribution in [0.25, 0.3) is 0 Å². The zero-order valence-electron chi connectivity index (χ0n) is 13.3. The van der Waals surface area contributed by atoms with Crippen molar-refractivity contribution >= 4 is 11.8 Å². The first-order chi connectivity index (χ1) is 10.2. The fraction of sp³-hybridized carbons (Fsp3) is 0.667. The van der Waals surface area contributed by atoms with Gasteiger partial charge in [0, 0.05) is 4.90 Å². The van der Waals surface area contributed by atoms with Gasteiger partial charge in [-0.25, -0.2) is 0 Å². The molecule has 120 valence electrons. The normalized spacial score (nSPS) is 10.9. The summed E-state index contributed by atoms with van der Waals surface area (Å²) in [5.74, 6) is 1.02. The summed E-state index contributed by atoms with van der Waals surface area (Å²) in [6.45, 7) is 2.26. The molecular formula is C18H30O2S. The van der Waals surface area contributed by atoms with E-state index < -0.39 is 0 Å². The van der Waals surface area contributed by atoms with Gasteiger partial charge in [0.1, 0.15) is 0 Å². The van der Waals surface area contributed by atoms with Crippen molar-refractivity contribution in [3.63, 3.8) is 0 Å². The summed E-state index contributed by atoms with van der Waals surface area (Å²) in [5.41, 5.74) is 0. The van der Waals surface area contributed by atoms with Crippen molar-refractivity contribution in [2.45, 2.75) is 76.0 Å². The van der Waals surface area contributed by atoms with Gasteiger partial charge in [-0.2, -0.15) is 0 Å². The third kappa shape index (κ3) is 8.92. The number of phenolic OH excluding ortho intramolecular Hbond substituents is 2. The quantitative estimate of drug-likeness (QED) is 0.278. The summed E-state index contributed by atoms with van der Waals surface area (Å²) in [6.07, 6.45) is 13.6. The van der Waals surface area contributed by atoms with Crippen LogP contribution in [0.1, 0.15) is 71.1 Å². The molecule has 0 bridgehead atoms. The lowest BCUT2D eigenvalue weighted by Crippen LogP contribution is -1.84. The fourth-order valence-electron chi connectivity index (χ4n) is 2.37. The summed E-state index contributed by atoms with van der Waals surface area (Å²) >= 11 is 1.75. The molecule has 2 N–H and O–H groups in total. The average Bonchev–Trinajstić information content (AvgIpc) is 2.48. The van der Waals surface area contributed by atoms with Gasteiger partial charge in [0.05, 0.1) is 0 Å². The van der Waals surface area contributed by atoms with Gasteiger partial charge in [0.25, 0.3) is 0 Å². The standard InChI is InChI=1S/C18H30O2S/c1-2-3-4-5-6-7-8-9-10-11-14-21-16-12-13-17(19)18(20)15-16/h12-13,15,19-20H,2-11,14H2,1H3. The molecule has 0 aliphatic rings. The van der Waals surface area contributed by atoms with Crippen molar-refractivity contribution in [1.82, 2.24) is 0 Å². The van der Waals surface area contributed by atoms with Crippen molar-refractivity contribution in [3.05, 3.63) is 18.2 Å². The first-order valence-electron chi connectivity index (χ1n) is 8.39. The highest BCUT2D eigenvalue weighted by Crippen LogP contribution is 2.30. The third-order valence-corrected chi connectivity index (χ3v) is 4.79. The Morgan fingerprint density at radius 2 is 1.33 bits per heavy atom. The topological polar surface area (TPSA) is 40.5 Å². The predicted octanol–water partition coefficient (Wildman–Crippen LogP) is 6.11. The van der Waals surface area contributed by atoms with Gasteiger partial charge in [-0.15, -0.1) is 11.8 Å². The van der Waals surface area contributed by atoms with Gasteiger partial charge in [-0.1, -0.05) is 64.7 Å². The Balaban J connectivity index is 1.91. The first kappa shape index (κ1) is 18.2. The Hall–Kier alpha value is -0.830. The van der Waals surface area contributed by atoms with Crippen molar-refractivity contribution in [3.8, 4) is 11.5 Å². The van der Waals surface area contributed by atoms with Gasteiger partial charge in [0.15, 0.2) is 11.5 Å². The number of rotatable bonds is 12. The van der Waals surface area contributed by atoms with E-state index in [2.05, 4.69) is 6.92 Å². The fourth-order valence-corrected chi connectivity index (χ4v) is 3.32. The van der Waals surface area contributed by atoms with Crippen LogP contribution in [0.15, 0.2) is 23.1 Å². The Kier molecular flexibility index (Phi) is 10.2. The van der Waals surface area contributed by atoms with E-state index in [-0.39, 0.29) is 11.5 Å². The molecule has 21 heavy (non-hydrogen) atoms. The summed E-state index contributed by atoms with van der Waals surface area (Å²) in [6, 6.07) is 5.04. The van der Waals surface area contributed by atoms with Crippen LogP contribution in [-0.2, 0) is 0 Å². The number of aromatic hydroxyl groups is 2. The minimum Gasteiger partial charge on any atom is -0.504 e. The molecule has 1 aromatic rings. The molecule has 0 aromatic heterocycles. The van der Waals surface area contributed by atoms with Crippen LogP contribution in [0.4, 0.5) is 0 Å². The molecule has 2 nitrogen and oxygen atoms in total. The largest absolute Gasteiger partial charge is 0.504 e. The van der Waals surface area contributed by atoms with E-state index in [4.69, 9.17) is 0 Å². The van der Waals surface area contributed by atoms with E-state index in [1.807, 2.05) is 6.07 Å². The van der Waals surface area contributed by atoms with E-state index >= 15 is 0 Å². The zero-order valence-corrected chi connectivity index (χ0v) is 14.1. The molecule has 0 fully saturated rings. The lowest BCUT2D eigenvalue weighted by molar-refractivity contribution is 0.402. The molecule has 0 aliphatic heterocycles. The minimum absolute atomic E-state index is 0.0249. The third-order valence-electron chi connectivity index (χ3n) is 3.71. The second-order valence-corrected chi connectivity index (χ2v) is 6.85. The van der Waals surface area contributed by atoms with Crippen molar-refractivity contribution in [2.24, 2.45) is 0 Å². The van der Waals surface area contributed by atoms with E-state index in [9.17, 15) is 10.2 Å². The summed E-state index contributed by atoms with van der Waals surface area (Å²) < 4.78 is 0. The van der Waals surface area contributed by atoms with Crippen LogP contribution < -0.4 is 0 Å². The molecule has 0 radical (unpaired) electrons. The molecule has 1 aromatic carbocycles. The van der Waals surface area contributed by atoms with Gasteiger partial charge in [-0.05, 0) is 30.4 Å².